The summed E-state index contributed by atoms with van der Waals surface area (Å²) in [5.41, 5.74) is -0.488. The van der Waals surface area contributed by atoms with Crippen molar-refractivity contribution in [3.8, 4) is 5.75 Å². The van der Waals surface area contributed by atoms with E-state index in [9.17, 15) is 22.0 Å². The lowest BCUT2D eigenvalue weighted by atomic mass is 10.1. The largest absolute Gasteiger partial charge is 0.489 e. The first kappa shape index (κ1) is 20.9. The van der Waals surface area contributed by atoms with Gasteiger partial charge in [-0.05, 0) is 6.42 Å². The van der Waals surface area contributed by atoms with Gasteiger partial charge in [-0.3, -0.25) is 0 Å². The lowest BCUT2D eigenvalue weighted by Crippen LogP contribution is -2.19. The highest BCUT2D eigenvalue weighted by molar-refractivity contribution is 6.11. The minimum atomic E-state index is -2.16. The summed E-state index contributed by atoms with van der Waals surface area (Å²) >= 11 is 0. The van der Waals surface area contributed by atoms with Crippen molar-refractivity contribution >= 4 is 10.2 Å². The van der Waals surface area contributed by atoms with E-state index in [4.69, 9.17) is 4.74 Å². The second-order valence-corrected chi connectivity index (χ2v) is 7.38. The first-order chi connectivity index (χ1) is 11.4. The van der Waals surface area contributed by atoms with E-state index in [1.54, 1.807) is 0 Å². The third-order valence-corrected chi connectivity index (χ3v) is 4.77. The molecule has 0 amide bonds. The Balaban J connectivity index is 2.40. The van der Waals surface area contributed by atoms with Crippen molar-refractivity contribution in [1.29, 1.82) is 0 Å². The Bertz CT molecular complexity index is 495. The topological polar surface area (TPSA) is 9.23 Å². The van der Waals surface area contributed by atoms with Gasteiger partial charge in [0.05, 0.1) is 16.0 Å². The molecule has 0 aromatic heterocycles. The number of benzene rings is 1. The van der Waals surface area contributed by atoms with Crippen molar-refractivity contribution in [2.24, 2.45) is 0 Å². The number of hydrogen-bond acceptors (Lipinski definition) is 1. The molecular weight excluding hydrogens is 343 g/mol. The van der Waals surface area contributed by atoms with E-state index in [0.29, 0.717) is 16.7 Å². The number of hydrogen-bond donors (Lipinski definition) is 0. The fraction of sp³-hybridized carbons (Fsp3) is 0.647. The highest BCUT2D eigenvalue weighted by Gasteiger charge is 2.27. The van der Waals surface area contributed by atoms with Crippen molar-refractivity contribution in [1.82, 2.24) is 0 Å². The van der Waals surface area contributed by atoms with Crippen LogP contribution in [0.15, 0.2) is 0 Å². The fourth-order valence-corrected chi connectivity index (χ4v) is 3.16. The summed E-state index contributed by atoms with van der Waals surface area (Å²) in [5, 5.41) is 0. The Morgan fingerprint density at radius 3 is 1.62 bits per heavy atom. The zero-order valence-electron chi connectivity index (χ0n) is 14.2. The minimum Gasteiger partial charge on any atom is -0.489 e. The molecule has 0 spiro atoms. The Kier molecular flexibility index (Phi) is 9.32. The molecule has 0 bridgehead atoms. The summed E-state index contributed by atoms with van der Waals surface area (Å²) < 4.78 is 71.2. The van der Waals surface area contributed by atoms with Gasteiger partial charge >= 0.3 is 0 Å². The Morgan fingerprint density at radius 2 is 1.12 bits per heavy atom. The van der Waals surface area contributed by atoms with Crippen LogP contribution in [0.3, 0.4) is 0 Å². The number of ether oxygens (including phenoxy) is 1. The maximum absolute atomic E-state index is 13.5. The quantitative estimate of drug-likeness (QED) is 0.176. The van der Waals surface area contributed by atoms with Gasteiger partial charge in [0.1, 0.15) is 0 Å². The fourth-order valence-electron chi connectivity index (χ4n) is 2.51. The maximum Gasteiger partial charge on any atom is 0.206 e. The van der Waals surface area contributed by atoms with Crippen LogP contribution in [0.5, 0.6) is 5.75 Å². The second-order valence-electron chi connectivity index (χ2n) is 6.09. The van der Waals surface area contributed by atoms with Gasteiger partial charge in [0.15, 0.2) is 5.75 Å². The van der Waals surface area contributed by atoms with E-state index < -0.39 is 40.6 Å². The van der Waals surface area contributed by atoms with Gasteiger partial charge < -0.3 is 4.74 Å². The minimum absolute atomic E-state index is 0.440. The monoisotopic (exact) mass is 368 g/mol. The molecule has 1 atom stereocenters. The lowest BCUT2D eigenvalue weighted by molar-refractivity contribution is 0.226. The van der Waals surface area contributed by atoms with Crippen molar-refractivity contribution in [2.45, 2.75) is 70.4 Å². The molecule has 7 heteroatoms. The Hall–Kier alpha value is -1.11. The van der Waals surface area contributed by atoms with E-state index in [-0.39, 0.29) is 0 Å². The summed E-state index contributed by atoms with van der Waals surface area (Å²) in [6, 6.07) is 0. The number of halogens is 5. The van der Waals surface area contributed by atoms with Crippen LogP contribution in [0, 0.1) is 29.1 Å². The maximum atomic E-state index is 13.5. The van der Waals surface area contributed by atoms with Crippen LogP contribution in [0.1, 0.15) is 64.7 Å². The molecule has 24 heavy (non-hydrogen) atoms. The van der Waals surface area contributed by atoms with Gasteiger partial charge in [-0.2, -0.15) is 8.78 Å². The van der Waals surface area contributed by atoms with Crippen molar-refractivity contribution in [2.75, 3.05) is 0 Å². The third-order valence-electron chi connectivity index (χ3n) is 3.95. The average Bonchev–Trinajstić information content (AvgIpc) is 2.57. The van der Waals surface area contributed by atoms with Crippen LogP contribution in [0.25, 0.3) is 0 Å². The van der Waals surface area contributed by atoms with Gasteiger partial charge in [-0.1, -0.05) is 58.3 Å². The predicted molar refractivity (Wildman–Crippen MR) is 87.8 cm³/mol. The molecule has 0 saturated carbocycles. The molecule has 0 heterocycles. The van der Waals surface area contributed by atoms with Crippen LogP contribution in [-0.4, -0.2) is 16.0 Å². The first-order valence-electron chi connectivity index (χ1n) is 8.58. The second kappa shape index (κ2) is 10.7. The average molecular weight is 368 g/mol. The van der Waals surface area contributed by atoms with Crippen LogP contribution in [-0.2, 0) is 0 Å². The van der Waals surface area contributed by atoms with Crippen molar-refractivity contribution in [3.05, 3.63) is 29.1 Å². The van der Waals surface area contributed by atoms with Gasteiger partial charge in [-0.15, -0.1) is 0 Å². The molecule has 1 unspecified atom stereocenters. The normalized spacial score (nSPS) is 12.6. The van der Waals surface area contributed by atoms with E-state index in [2.05, 4.69) is 6.92 Å². The summed E-state index contributed by atoms with van der Waals surface area (Å²) in [7, 11) is 0.440. The van der Waals surface area contributed by atoms with Gasteiger partial charge in [0.2, 0.25) is 29.1 Å². The molecular formula is C17H25F5OSi. The number of rotatable bonds is 11. The molecule has 0 aliphatic carbocycles. The first-order valence-corrected chi connectivity index (χ1v) is 9.73. The number of unbranched alkanes of at least 4 members (excludes halogenated alkanes) is 7. The smallest absolute Gasteiger partial charge is 0.206 e. The SMILES string of the molecule is CCCCCCCCCCC([SiH3])Oc1c(F)c(F)c(F)c(F)c1F. The van der Waals surface area contributed by atoms with Crippen LogP contribution >= 0.6 is 0 Å². The predicted octanol–water partition coefficient (Wildman–Crippen LogP) is 4.98. The molecule has 0 radical (unpaired) electrons. The molecule has 1 nitrogen and oxygen atoms in total. The highest BCUT2D eigenvalue weighted by atomic mass is 28.1. The molecule has 0 aliphatic rings. The molecule has 1 aromatic carbocycles. The van der Waals surface area contributed by atoms with E-state index >= 15 is 0 Å². The van der Waals surface area contributed by atoms with Gasteiger partial charge in [-0.25, -0.2) is 13.2 Å². The van der Waals surface area contributed by atoms with Crippen LogP contribution in [0.2, 0.25) is 0 Å². The molecule has 1 rings (SSSR count). The lowest BCUT2D eigenvalue weighted by Gasteiger charge is -2.16. The van der Waals surface area contributed by atoms with Gasteiger partial charge in [0.25, 0.3) is 0 Å². The van der Waals surface area contributed by atoms with E-state index in [1.807, 2.05) is 0 Å². The van der Waals surface area contributed by atoms with Crippen molar-refractivity contribution in [3.63, 3.8) is 0 Å². The van der Waals surface area contributed by atoms with E-state index in [0.717, 1.165) is 25.7 Å². The molecule has 1 aromatic rings. The highest BCUT2D eigenvalue weighted by Crippen LogP contribution is 2.30. The van der Waals surface area contributed by atoms with Gasteiger partial charge in [0, 0.05) is 0 Å². The Labute approximate surface area is 143 Å². The molecule has 0 saturated heterocycles. The zero-order valence-corrected chi connectivity index (χ0v) is 16.2. The van der Waals surface area contributed by atoms with E-state index in [1.165, 1.54) is 25.7 Å². The zero-order chi connectivity index (χ0) is 18.1. The van der Waals surface area contributed by atoms with Crippen molar-refractivity contribution < 1.29 is 26.7 Å². The third kappa shape index (κ3) is 6.07. The summed E-state index contributed by atoms with van der Waals surface area (Å²) in [6.07, 6.45) is 9.49. The molecule has 0 N–H and O–H groups in total. The summed E-state index contributed by atoms with van der Waals surface area (Å²) in [4.78, 5) is 0. The molecule has 138 valence electrons. The molecule has 0 fully saturated rings. The summed E-state index contributed by atoms with van der Waals surface area (Å²) in [6.45, 7) is 2.16. The Morgan fingerprint density at radius 1 is 0.708 bits per heavy atom. The molecule has 0 aliphatic heterocycles. The summed E-state index contributed by atoms with van der Waals surface area (Å²) in [5.74, 6) is -11.1. The standard InChI is InChI=1S/C17H25F5OSi/c1-2-3-4-5-6-7-8-9-10-11(24)23-17-15(21)13(19)12(18)14(20)16(17)22/h11H,2-10H2,1,24H3. The van der Waals surface area contributed by atoms with Crippen LogP contribution in [0.4, 0.5) is 22.0 Å². The van der Waals surface area contributed by atoms with Crippen LogP contribution < -0.4 is 4.74 Å².